The molecule has 0 saturated carbocycles. The summed E-state index contributed by atoms with van der Waals surface area (Å²) in [4.78, 5) is 33.0. The zero-order valence-corrected chi connectivity index (χ0v) is 15.1. The Morgan fingerprint density at radius 2 is 2.00 bits per heavy atom. The topological polar surface area (TPSA) is 70.5 Å². The number of aromatic nitrogens is 2. The van der Waals surface area contributed by atoms with Gasteiger partial charge in [-0.2, -0.15) is 0 Å². The quantitative estimate of drug-likeness (QED) is 0.826. The van der Waals surface area contributed by atoms with E-state index in [0.29, 0.717) is 13.1 Å². The summed E-state index contributed by atoms with van der Waals surface area (Å²) in [6, 6.07) is 0.0578. The Bertz CT molecular complexity index is 592. The molecule has 25 heavy (non-hydrogen) atoms. The molecule has 1 N–H and O–H groups in total. The number of rotatable bonds is 6. The van der Waals surface area contributed by atoms with Crippen LogP contribution in [0.5, 0.6) is 0 Å². The van der Waals surface area contributed by atoms with Gasteiger partial charge in [0, 0.05) is 32.0 Å². The maximum atomic E-state index is 12.7. The maximum Gasteiger partial charge on any atom is 0.240 e. The van der Waals surface area contributed by atoms with E-state index < -0.39 is 0 Å². The fourth-order valence-electron chi connectivity index (χ4n) is 3.80. The zero-order valence-electron chi connectivity index (χ0n) is 15.1. The number of hydrogen-bond acceptors (Lipinski definition) is 4. The normalized spacial score (nSPS) is 22.2. The Balaban J connectivity index is 1.40. The molecule has 2 amide bonds. The predicted octanol–water partition coefficient (Wildman–Crippen LogP) is 0.785. The van der Waals surface area contributed by atoms with Crippen molar-refractivity contribution in [3.63, 3.8) is 0 Å². The fraction of sp³-hybridized carbons (Fsp3) is 0.722. The molecule has 0 aromatic carbocycles. The fourth-order valence-corrected chi connectivity index (χ4v) is 3.80. The number of nitrogens with one attached hydrogen (secondary N) is 1. The first-order valence-corrected chi connectivity index (χ1v) is 9.42. The second-order valence-corrected chi connectivity index (χ2v) is 7.03. The average Bonchev–Trinajstić information content (AvgIpc) is 3.04. The molecule has 1 atom stereocenters. The van der Waals surface area contributed by atoms with E-state index in [1.54, 1.807) is 12.4 Å². The summed E-state index contributed by atoms with van der Waals surface area (Å²) in [6.45, 7) is 6.14. The molecule has 2 fully saturated rings. The lowest BCUT2D eigenvalue weighted by molar-refractivity contribution is -0.132. The lowest BCUT2D eigenvalue weighted by Gasteiger charge is -2.26. The van der Waals surface area contributed by atoms with Gasteiger partial charge >= 0.3 is 0 Å². The van der Waals surface area contributed by atoms with Crippen LogP contribution >= 0.6 is 0 Å². The van der Waals surface area contributed by atoms with E-state index in [4.69, 9.17) is 0 Å². The molecule has 2 aliphatic heterocycles. The van der Waals surface area contributed by atoms with Gasteiger partial charge in [-0.05, 0) is 39.3 Å². The van der Waals surface area contributed by atoms with E-state index >= 15 is 0 Å². The standard InChI is InChI=1S/C18H29N5O2/c1-15-19-7-13-23(15)14-17(24)20-8-12-22-11-6-16(18(22)25)21-9-4-2-3-5-10-21/h7,13,16H,2-6,8-12,14H2,1H3,(H,20,24). The summed E-state index contributed by atoms with van der Waals surface area (Å²) in [5, 5.41) is 2.90. The van der Waals surface area contributed by atoms with Gasteiger partial charge in [-0.15, -0.1) is 0 Å². The highest BCUT2D eigenvalue weighted by Crippen LogP contribution is 2.20. The first kappa shape index (κ1) is 17.9. The van der Waals surface area contributed by atoms with Crippen LogP contribution in [0.25, 0.3) is 0 Å². The molecule has 3 heterocycles. The van der Waals surface area contributed by atoms with Crippen LogP contribution in [0.2, 0.25) is 0 Å². The molecule has 1 aromatic rings. The number of imidazole rings is 1. The van der Waals surface area contributed by atoms with Gasteiger partial charge in [-0.25, -0.2) is 4.98 Å². The Morgan fingerprint density at radius 1 is 1.24 bits per heavy atom. The molecule has 0 bridgehead atoms. The van der Waals surface area contributed by atoms with Crippen molar-refractivity contribution in [1.29, 1.82) is 0 Å². The molecule has 7 heteroatoms. The molecule has 3 rings (SSSR count). The smallest absolute Gasteiger partial charge is 0.240 e. The van der Waals surface area contributed by atoms with Crippen LogP contribution in [-0.2, 0) is 16.1 Å². The van der Waals surface area contributed by atoms with Crippen molar-refractivity contribution >= 4 is 11.8 Å². The van der Waals surface area contributed by atoms with Crippen LogP contribution < -0.4 is 5.32 Å². The van der Waals surface area contributed by atoms with Gasteiger partial charge in [-0.1, -0.05) is 12.8 Å². The Morgan fingerprint density at radius 3 is 2.68 bits per heavy atom. The van der Waals surface area contributed by atoms with Crippen LogP contribution in [0.15, 0.2) is 12.4 Å². The van der Waals surface area contributed by atoms with Crippen molar-refractivity contribution in [2.24, 2.45) is 0 Å². The van der Waals surface area contributed by atoms with Gasteiger partial charge in [0.25, 0.3) is 0 Å². The van der Waals surface area contributed by atoms with E-state index in [-0.39, 0.29) is 24.4 Å². The molecule has 138 valence electrons. The summed E-state index contributed by atoms with van der Waals surface area (Å²) < 4.78 is 1.81. The number of carbonyl (C=O) groups excluding carboxylic acids is 2. The lowest BCUT2D eigenvalue weighted by atomic mass is 10.2. The van der Waals surface area contributed by atoms with E-state index in [1.165, 1.54) is 25.7 Å². The molecule has 1 unspecified atom stereocenters. The molecular weight excluding hydrogens is 318 g/mol. The maximum absolute atomic E-state index is 12.7. The summed E-state index contributed by atoms with van der Waals surface area (Å²) in [5.41, 5.74) is 0. The van der Waals surface area contributed by atoms with Crippen molar-refractivity contribution in [3.8, 4) is 0 Å². The number of likely N-dealkylation sites (tertiary alicyclic amines) is 2. The van der Waals surface area contributed by atoms with Gasteiger partial charge in [0.1, 0.15) is 12.4 Å². The molecule has 2 aliphatic rings. The van der Waals surface area contributed by atoms with E-state index in [2.05, 4.69) is 15.2 Å². The minimum atomic E-state index is -0.0446. The van der Waals surface area contributed by atoms with Crippen LogP contribution in [-0.4, -0.2) is 69.9 Å². The van der Waals surface area contributed by atoms with Crippen LogP contribution in [0, 0.1) is 6.92 Å². The monoisotopic (exact) mass is 347 g/mol. The third-order valence-electron chi connectivity index (χ3n) is 5.29. The van der Waals surface area contributed by atoms with Crippen molar-refractivity contribution in [2.75, 3.05) is 32.7 Å². The summed E-state index contributed by atoms with van der Waals surface area (Å²) in [7, 11) is 0. The van der Waals surface area contributed by atoms with Crippen molar-refractivity contribution in [2.45, 2.75) is 51.6 Å². The van der Waals surface area contributed by atoms with Crippen molar-refractivity contribution < 1.29 is 9.59 Å². The van der Waals surface area contributed by atoms with Gasteiger partial charge in [0.15, 0.2) is 0 Å². The highest BCUT2D eigenvalue weighted by Gasteiger charge is 2.35. The second-order valence-electron chi connectivity index (χ2n) is 7.03. The highest BCUT2D eigenvalue weighted by atomic mass is 16.2. The largest absolute Gasteiger partial charge is 0.353 e. The summed E-state index contributed by atoms with van der Waals surface area (Å²) in [6.07, 6.45) is 9.37. The molecular formula is C18H29N5O2. The number of amides is 2. The highest BCUT2D eigenvalue weighted by molar-refractivity contribution is 5.84. The van der Waals surface area contributed by atoms with E-state index in [9.17, 15) is 9.59 Å². The molecule has 1 aromatic heterocycles. The molecule has 0 aliphatic carbocycles. The minimum Gasteiger partial charge on any atom is -0.353 e. The average molecular weight is 347 g/mol. The van der Waals surface area contributed by atoms with Gasteiger partial charge < -0.3 is 14.8 Å². The molecule has 7 nitrogen and oxygen atoms in total. The lowest BCUT2D eigenvalue weighted by Crippen LogP contribution is -2.44. The van der Waals surface area contributed by atoms with Gasteiger partial charge in [0.2, 0.25) is 11.8 Å². The first-order valence-electron chi connectivity index (χ1n) is 9.42. The SMILES string of the molecule is Cc1nccn1CC(=O)NCCN1CCC(N2CCCCCC2)C1=O. The van der Waals surface area contributed by atoms with Crippen LogP contribution in [0.3, 0.4) is 0 Å². The molecule has 0 radical (unpaired) electrons. The minimum absolute atomic E-state index is 0.0446. The van der Waals surface area contributed by atoms with Gasteiger partial charge in [0.05, 0.1) is 6.04 Å². The number of carbonyl (C=O) groups is 2. The third-order valence-corrected chi connectivity index (χ3v) is 5.29. The molecule has 2 saturated heterocycles. The predicted molar refractivity (Wildman–Crippen MR) is 95.0 cm³/mol. The summed E-state index contributed by atoms with van der Waals surface area (Å²) in [5.74, 6) is 1.02. The zero-order chi connectivity index (χ0) is 17.6. The third kappa shape index (κ3) is 4.60. The number of nitrogens with zero attached hydrogens (tertiary/aromatic N) is 4. The van der Waals surface area contributed by atoms with E-state index in [0.717, 1.165) is 31.9 Å². The van der Waals surface area contributed by atoms with E-state index in [1.807, 2.05) is 16.4 Å². The molecule has 0 spiro atoms. The Kier molecular flexibility index (Phi) is 6.07. The number of hydrogen-bond donors (Lipinski definition) is 1. The summed E-state index contributed by atoms with van der Waals surface area (Å²) >= 11 is 0. The van der Waals surface area contributed by atoms with Crippen molar-refractivity contribution in [3.05, 3.63) is 18.2 Å². The van der Waals surface area contributed by atoms with Gasteiger partial charge in [-0.3, -0.25) is 14.5 Å². The number of aryl methyl sites for hydroxylation is 1. The van der Waals surface area contributed by atoms with Crippen molar-refractivity contribution in [1.82, 2.24) is 24.7 Å². The Labute approximate surface area is 149 Å². The first-order chi connectivity index (χ1) is 12.1. The second kappa shape index (κ2) is 8.47. The van der Waals surface area contributed by atoms with Crippen LogP contribution in [0.4, 0.5) is 0 Å². The Hall–Kier alpha value is -1.89. The van der Waals surface area contributed by atoms with Crippen LogP contribution in [0.1, 0.15) is 37.9 Å².